The maximum atomic E-state index is 12.0. The van der Waals surface area contributed by atoms with Crippen LogP contribution in [0.15, 0.2) is 29.2 Å². The van der Waals surface area contributed by atoms with Crippen molar-refractivity contribution in [1.29, 1.82) is 0 Å². The summed E-state index contributed by atoms with van der Waals surface area (Å²) in [5.74, 6) is -1.96. The number of rotatable bonds is 6. The van der Waals surface area contributed by atoms with E-state index in [9.17, 15) is 18.0 Å². The minimum atomic E-state index is -4.01. The van der Waals surface area contributed by atoms with E-state index in [1.54, 1.807) is 0 Å². The van der Waals surface area contributed by atoms with Gasteiger partial charge in [0, 0.05) is 6.08 Å². The molecule has 1 unspecified atom stereocenters. The molecule has 1 aromatic carbocycles. The lowest BCUT2D eigenvalue weighted by Crippen LogP contribution is -2.42. The van der Waals surface area contributed by atoms with Gasteiger partial charge < -0.3 is 10.8 Å². The number of hydrogen-bond acceptors (Lipinski definition) is 4. The number of nitrogens with two attached hydrogens (primary N) is 1. The fraction of sp³-hybridized carbons (Fsp3) is 0.167. The lowest BCUT2D eigenvalue weighted by atomic mass is 10.2. The van der Waals surface area contributed by atoms with Gasteiger partial charge in [0.25, 0.3) is 0 Å². The van der Waals surface area contributed by atoms with Gasteiger partial charge in [0.05, 0.1) is 11.1 Å². The summed E-state index contributed by atoms with van der Waals surface area (Å²) < 4.78 is 26.1. The molecule has 4 N–H and O–H groups in total. The zero-order valence-electron chi connectivity index (χ0n) is 10.9. The van der Waals surface area contributed by atoms with Crippen molar-refractivity contribution in [3.8, 4) is 0 Å². The molecule has 1 atom stereocenters. The molecule has 0 fully saturated rings. The molecular weight excluding hydrogens is 320 g/mol. The standard InChI is InChI=1S/C12H13ClN2O5S/c1-7(12(14)18)15-21(19,20)10-4-2-8(6-9(10)13)3-5-11(16)17/h2-7,15H,1H3,(H2,14,18)(H,16,17). The Morgan fingerprint density at radius 1 is 1.43 bits per heavy atom. The summed E-state index contributed by atoms with van der Waals surface area (Å²) in [4.78, 5) is 21.1. The van der Waals surface area contributed by atoms with Gasteiger partial charge in [-0.1, -0.05) is 17.7 Å². The van der Waals surface area contributed by atoms with E-state index in [1.807, 2.05) is 0 Å². The number of aliphatic carboxylic acids is 1. The summed E-state index contributed by atoms with van der Waals surface area (Å²) in [6, 6.07) is 2.80. The van der Waals surface area contributed by atoms with Crippen molar-refractivity contribution in [1.82, 2.24) is 4.72 Å². The molecule has 1 amide bonds. The van der Waals surface area contributed by atoms with Crippen molar-refractivity contribution in [2.45, 2.75) is 17.9 Å². The minimum Gasteiger partial charge on any atom is -0.478 e. The number of carboxylic acid groups (broad SMARTS) is 1. The van der Waals surface area contributed by atoms with E-state index in [0.717, 1.165) is 6.08 Å². The number of carboxylic acids is 1. The van der Waals surface area contributed by atoms with Crippen molar-refractivity contribution in [3.05, 3.63) is 34.9 Å². The van der Waals surface area contributed by atoms with Crippen LogP contribution in [0, 0.1) is 0 Å². The Balaban J connectivity index is 3.09. The Bertz CT molecular complexity index is 700. The molecular formula is C12H13ClN2O5S. The van der Waals surface area contributed by atoms with Crippen LogP contribution in [0.3, 0.4) is 0 Å². The van der Waals surface area contributed by atoms with E-state index in [4.69, 9.17) is 22.4 Å². The van der Waals surface area contributed by atoms with Gasteiger partial charge in [0.2, 0.25) is 15.9 Å². The number of hydrogen-bond donors (Lipinski definition) is 3. The molecule has 9 heteroatoms. The van der Waals surface area contributed by atoms with Crippen LogP contribution in [0.25, 0.3) is 6.08 Å². The lowest BCUT2D eigenvalue weighted by Gasteiger charge is -2.12. The number of carbonyl (C=O) groups is 2. The Labute approximate surface area is 126 Å². The zero-order valence-corrected chi connectivity index (χ0v) is 12.5. The molecule has 0 aromatic heterocycles. The summed E-state index contributed by atoms with van der Waals surface area (Å²) in [7, 11) is -4.01. The quantitative estimate of drug-likeness (QED) is 0.657. The summed E-state index contributed by atoms with van der Waals surface area (Å²) >= 11 is 5.88. The third-order valence-corrected chi connectivity index (χ3v) is 4.45. The van der Waals surface area contributed by atoms with Crippen LogP contribution in [0.2, 0.25) is 5.02 Å². The van der Waals surface area contributed by atoms with Gasteiger partial charge in [-0.2, -0.15) is 4.72 Å². The Hall–Kier alpha value is -1.90. The van der Waals surface area contributed by atoms with Crippen molar-refractivity contribution in [2.75, 3.05) is 0 Å². The van der Waals surface area contributed by atoms with Crippen LogP contribution in [-0.4, -0.2) is 31.4 Å². The third kappa shape index (κ3) is 4.85. The van der Waals surface area contributed by atoms with Gasteiger partial charge in [-0.05, 0) is 30.7 Å². The van der Waals surface area contributed by atoms with Crippen molar-refractivity contribution >= 4 is 39.6 Å². The number of sulfonamides is 1. The SMILES string of the molecule is CC(NS(=O)(=O)c1ccc(C=CC(=O)O)cc1Cl)C(N)=O. The number of halogens is 1. The fourth-order valence-electron chi connectivity index (χ4n) is 1.36. The molecule has 0 spiro atoms. The molecule has 21 heavy (non-hydrogen) atoms. The van der Waals surface area contributed by atoms with Crippen LogP contribution in [0.5, 0.6) is 0 Å². The minimum absolute atomic E-state index is 0.105. The molecule has 0 saturated heterocycles. The molecule has 1 aromatic rings. The molecule has 7 nitrogen and oxygen atoms in total. The number of primary amides is 1. The van der Waals surface area contributed by atoms with Gasteiger partial charge in [0.15, 0.2) is 0 Å². The average molecular weight is 333 g/mol. The predicted molar refractivity (Wildman–Crippen MR) is 77.1 cm³/mol. The van der Waals surface area contributed by atoms with Crippen LogP contribution >= 0.6 is 11.6 Å². The van der Waals surface area contributed by atoms with Crippen molar-refractivity contribution < 1.29 is 23.1 Å². The molecule has 1 rings (SSSR count). The van der Waals surface area contributed by atoms with Crippen LogP contribution < -0.4 is 10.5 Å². The largest absolute Gasteiger partial charge is 0.478 e. The molecule has 0 bridgehead atoms. The van der Waals surface area contributed by atoms with Gasteiger partial charge in [0.1, 0.15) is 4.90 Å². The molecule has 0 radical (unpaired) electrons. The molecule has 0 saturated carbocycles. The number of carbonyl (C=O) groups excluding carboxylic acids is 1. The second-order valence-corrected chi connectivity index (χ2v) is 6.20. The van der Waals surface area contributed by atoms with Crippen molar-refractivity contribution in [2.24, 2.45) is 5.73 Å². The Kier molecular flexibility index (Phi) is 5.47. The van der Waals surface area contributed by atoms with Gasteiger partial charge in [-0.25, -0.2) is 13.2 Å². The molecule has 0 aliphatic rings. The first kappa shape index (κ1) is 17.2. The maximum Gasteiger partial charge on any atom is 0.328 e. The smallest absolute Gasteiger partial charge is 0.328 e. The van der Waals surface area contributed by atoms with Gasteiger partial charge in [-0.15, -0.1) is 0 Å². The summed E-state index contributed by atoms with van der Waals surface area (Å²) in [5, 5.41) is 8.40. The van der Waals surface area contributed by atoms with E-state index >= 15 is 0 Å². The second kappa shape index (κ2) is 6.70. The van der Waals surface area contributed by atoms with E-state index in [1.165, 1.54) is 31.2 Å². The average Bonchev–Trinajstić information content (AvgIpc) is 2.35. The monoisotopic (exact) mass is 332 g/mol. The molecule has 114 valence electrons. The van der Waals surface area contributed by atoms with E-state index in [2.05, 4.69) is 4.72 Å². The Morgan fingerprint density at radius 3 is 2.52 bits per heavy atom. The van der Waals surface area contributed by atoms with Crippen LogP contribution in [0.4, 0.5) is 0 Å². The molecule has 0 aliphatic carbocycles. The van der Waals surface area contributed by atoms with E-state index in [-0.39, 0.29) is 9.92 Å². The lowest BCUT2D eigenvalue weighted by molar-refractivity contribution is -0.131. The summed E-state index contributed by atoms with van der Waals surface area (Å²) in [6.45, 7) is 1.30. The van der Waals surface area contributed by atoms with Crippen LogP contribution in [0.1, 0.15) is 12.5 Å². The highest BCUT2D eigenvalue weighted by Crippen LogP contribution is 2.23. The first-order valence-electron chi connectivity index (χ1n) is 5.65. The number of amides is 1. The highest BCUT2D eigenvalue weighted by Gasteiger charge is 2.22. The van der Waals surface area contributed by atoms with Crippen molar-refractivity contribution in [3.63, 3.8) is 0 Å². The molecule has 0 aliphatic heterocycles. The van der Waals surface area contributed by atoms with Crippen LogP contribution in [-0.2, 0) is 19.6 Å². The third-order valence-electron chi connectivity index (χ3n) is 2.42. The fourth-order valence-corrected chi connectivity index (χ4v) is 3.13. The first-order valence-corrected chi connectivity index (χ1v) is 7.52. The maximum absolute atomic E-state index is 12.0. The van der Waals surface area contributed by atoms with Gasteiger partial charge >= 0.3 is 5.97 Å². The number of nitrogens with one attached hydrogen (secondary N) is 1. The second-order valence-electron chi connectivity index (χ2n) is 4.11. The predicted octanol–water partition coefficient (Wildman–Crippen LogP) is 0.590. The number of benzene rings is 1. The highest BCUT2D eigenvalue weighted by atomic mass is 35.5. The summed E-state index contributed by atoms with van der Waals surface area (Å²) in [5.41, 5.74) is 5.41. The summed E-state index contributed by atoms with van der Waals surface area (Å²) in [6.07, 6.45) is 2.16. The first-order chi connectivity index (χ1) is 9.63. The zero-order chi connectivity index (χ0) is 16.2. The van der Waals surface area contributed by atoms with E-state index in [0.29, 0.717) is 5.56 Å². The Morgan fingerprint density at radius 2 is 2.05 bits per heavy atom. The normalized spacial score (nSPS) is 13.2. The highest BCUT2D eigenvalue weighted by molar-refractivity contribution is 7.89. The van der Waals surface area contributed by atoms with E-state index < -0.39 is 27.9 Å². The molecule has 0 heterocycles. The van der Waals surface area contributed by atoms with Gasteiger partial charge in [-0.3, -0.25) is 4.79 Å². The topological polar surface area (TPSA) is 127 Å².